The Morgan fingerprint density at radius 2 is 1.59 bits per heavy atom. The Morgan fingerprint density at radius 1 is 0.923 bits per heavy atom. The highest BCUT2D eigenvalue weighted by Gasteiger charge is 2.45. The highest BCUT2D eigenvalue weighted by Crippen LogP contribution is 2.62. The quantitative estimate of drug-likeness (QED) is 0.244. The van der Waals surface area contributed by atoms with E-state index in [9.17, 15) is 4.39 Å². The van der Waals surface area contributed by atoms with Crippen molar-refractivity contribution in [2.45, 2.75) is 6.92 Å². The molecule has 1 atom stereocenters. The van der Waals surface area contributed by atoms with Crippen LogP contribution >= 0.6 is 30.6 Å². The number of hydrogen-bond donors (Lipinski definition) is 0. The number of fused-ring (bicyclic) bond motifs is 1. The molecule has 0 amide bonds. The third kappa shape index (κ3) is 4.50. The van der Waals surface area contributed by atoms with Gasteiger partial charge in [0.05, 0.1) is 39.9 Å². The van der Waals surface area contributed by atoms with Gasteiger partial charge in [0.2, 0.25) is 0 Å². The zero-order valence-corrected chi connectivity index (χ0v) is 23.8. The number of morpholine rings is 1. The largest absolute Gasteiger partial charge is 0.379 e. The molecule has 0 unspecified atom stereocenters. The molecule has 0 bridgehead atoms. The van der Waals surface area contributed by atoms with Gasteiger partial charge >= 0.3 is 0 Å². The van der Waals surface area contributed by atoms with Crippen LogP contribution in [0.25, 0.3) is 5.69 Å². The third-order valence-electron chi connectivity index (χ3n) is 6.90. The summed E-state index contributed by atoms with van der Waals surface area (Å²) in [7, 11) is -0.870. The average Bonchev–Trinajstić information content (AvgIpc) is 3.29. The van der Waals surface area contributed by atoms with Crippen molar-refractivity contribution in [1.29, 1.82) is 0 Å². The Morgan fingerprint density at radius 3 is 2.26 bits per heavy atom. The molecule has 0 saturated carbocycles. The maximum absolute atomic E-state index is 14.0. The number of aliphatic imine (C=N–C) groups is 1. The van der Waals surface area contributed by atoms with E-state index in [0.717, 1.165) is 22.2 Å². The Balaban J connectivity index is 1.73. The van der Waals surface area contributed by atoms with Crippen molar-refractivity contribution in [3.63, 3.8) is 0 Å². The summed E-state index contributed by atoms with van der Waals surface area (Å²) in [4.78, 5) is 5.16. The molecule has 11 heteroatoms. The van der Waals surface area contributed by atoms with Gasteiger partial charge in [-0.05, 0) is 55.5 Å². The van der Waals surface area contributed by atoms with Crippen molar-refractivity contribution in [3.05, 3.63) is 99.9 Å². The number of nitrogens with zero attached hydrogens (tertiary/aromatic N) is 6. The molecule has 3 heterocycles. The van der Waals surface area contributed by atoms with Crippen LogP contribution in [0, 0.1) is 12.7 Å². The molecule has 0 aliphatic carbocycles. The summed E-state index contributed by atoms with van der Waals surface area (Å²) >= 11 is 13.4. The SMILES string of the molecule is Cc1nn(-c2ccccc2)c2c1[P@](=Nc1c(Cl)cccc1Cl)(N1CCOCC1)N(C)C(c1ccc(F)cc1)=N2. The number of halogens is 3. The first-order valence-corrected chi connectivity index (χ1v) is 14.9. The molecular weight excluding hydrogens is 557 g/mol. The van der Waals surface area contributed by atoms with E-state index in [1.54, 1.807) is 24.3 Å². The fourth-order valence-electron chi connectivity index (χ4n) is 5.08. The van der Waals surface area contributed by atoms with E-state index in [2.05, 4.69) is 9.34 Å². The van der Waals surface area contributed by atoms with Crippen LogP contribution in [0.4, 0.5) is 15.9 Å². The van der Waals surface area contributed by atoms with Crippen LogP contribution in [0.15, 0.2) is 82.5 Å². The lowest BCUT2D eigenvalue weighted by Gasteiger charge is -2.46. The van der Waals surface area contributed by atoms with Crippen molar-refractivity contribution in [1.82, 2.24) is 19.1 Å². The normalized spacial score (nSPS) is 19.5. The highest BCUT2D eigenvalue weighted by atomic mass is 35.5. The lowest BCUT2D eigenvalue weighted by atomic mass is 10.2. The zero-order valence-electron chi connectivity index (χ0n) is 21.4. The van der Waals surface area contributed by atoms with E-state index in [0.29, 0.717) is 53.7 Å². The van der Waals surface area contributed by atoms with Crippen molar-refractivity contribution in [2.24, 2.45) is 9.74 Å². The number of amidine groups is 1. The molecule has 4 aromatic rings. The topological polar surface area (TPSA) is 58.3 Å². The van der Waals surface area contributed by atoms with Gasteiger partial charge in [-0.1, -0.05) is 47.5 Å². The zero-order chi connectivity index (χ0) is 27.1. The lowest BCUT2D eigenvalue weighted by Crippen LogP contribution is -2.45. The van der Waals surface area contributed by atoms with Crippen LogP contribution < -0.4 is 5.30 Å². The summed E-state index contributed by atoms with van der Waals surface area (Å²) in [6.07, 6.45) is 0. The minimum absolute atomic E-state index is 0.314. The van der Waals surface area contributed by atoms with E-state index >= 15 is 0 Å². The van der Waals surface area contributed by atoms with Crippen LogP contribution in [0.2, 0.25) is 10.0 Å². The van der Waals surface area contributed by atoms with Gasteiger partial charge in [-0.15, -0.1) is 0 Å². The summed E-state index contributed by atoms with van der Waals surface area (Å²) in [5.41, 5.74) is 2.98. The van der Waals surface area contributed by atoms with Gasteiger partial charge in [0.1, 0.15) is 17.3 Å². The van der Waals surface area contributed by atoms with Crippen LogP contribution in [-0.4, -0.2) is 58.3 Å². The Bertz CT molecular complexity index is 1600. The van der Waals surface area contributed by atoms with E-state index in [1.807, 2.05) is 55.1 Å². The van der Waals surface area contributed by atoms with Gasteiger partial charge in [0.25, 0.3) is 0 Å². The maximum Gasteiger partial charge on any atom is 0.170 e. The molecule has 3 aromatic carbocycles. The number of rotatable bonds is 4. The van der Waals surface area contributed by atoms with Gasteiger partial charge < -0.3 is 9.41 Å². The molecule has 0 N–H and O–H groups in total. The second kappa shape index (κ2) is 10.5. The monoisotopic (exact) mass is 582 g/mol. The average molecular weight is 583 g/mol. The Hall–Kier alpha value is -3.00. The Labute approximate surface area is 236 Å². The summed E-state index contributed by atoms with van der Waals surface area (Å²) < 4.78 is 31.6. The van der Waals surface area contributed by atoms with Crippen molar-refractivity contribution in [3.8, 4) is 5.69 Å². The molecule has 2 aliphatic heterocycles. The molecular formula is C28H26Cl2FN6OP. The summed E-state index contributed by atoms with van der Waals surface area (Å²) in [5, 5.41) is 6.84. The second-order valence-corrected chi connectivity index (χ2v) is 13.0. The van der Waals surface area contributed by atoms with E-state index in [1.165, 1.54) is 12.1 Å². The minimum atomic E-state index is -2.86. The predicted molar refractivity (Wildman–Crippen MR) is 156 cm³/mol. The molecule has 2 aliphatic rings. The molecule has 39 heavy (non-hydrogen) atoms. The van der Waals surface area contributed by atoms with E-state index in [-0.39, 0.29) is 5.82 Å². The summed E-state index contributed by atoms with van der Waals surface area (Å²) in [6, 6.07) is 21.7. The first-order chi connectivity index (χ1) is 18.9. The number of ether oxygens (including phenoxy) is 1. The molecule has 0 spiro atoms. The molecule has 6 rings (SSSR count). The number of aromatic nitrogens is 2. The van der Waals surface area contributed by atoms with E-state index < -0.39 is 7.36 Å². The van der Waals surface area contributed by atoms with Gasteiger partial charge in [-0.3, -0.25) is 0 Å². The van der Waals surface area contributed by atoms with Gasteiger partial charge in [-0.25, -0.2) is 23.5 Å². The van der Waals surface area contributed by atoms with Gasteiger partial charge in [0.15, 0.2) is 13.2 Å². The van der Waals surface area contributed by atoms with Gasteiger partial charge in [0, 0.05) is 25.7 Å². The van der Waals surface area contributed by atoms with Crippen LogP contribution in [-0.2, 0) is 4.74 Å². The molecule has 200 valence electrons. The number of aryl methyl sites for hydroxylation is 1. The minimum Gasteiger partial charge on any atom is -0.379 e. The van der Waals surface area contributed by atoms with E-state index in [4.69, 9.17) is 42.8 Å². The fourth-order valence-corrected chi connectivity index (χ4v) is 9.54. The van der Waals surface area contributed by atoms with Crippen molar-refractivity contribution in [2.75, 3.05) is 33.4 Å². The molecule has 1 fully saturated rings. The number of para-hydroxylation sites is 1. The lowest BCUT2D eigenvalue weighted by molar-refractivity contribution is 0.0732. The number of benzene rings is 3. The predicted octanol–water partition coefficient (Wildman–Crippen LogP) is 6.97. The van der Waals surface area contributed by atoms with Crippen LogP contribution in [0.1, 0.15) is 11.3 Å². The summed E-state index contributed by atoms with van der Waals surface area (Å²) in [5.74, 6) is 1.03. The summed E-state index contributed by atoms with van der Waals surface area (Å²) in [6.45, 7) is 4.41. The second-order valence-electron chi connectivity index (χ2n) is 9.28. The molecule has 1 aromatic heterocycles. The first-order valence-electron chi connectivity index (χ1n) is 12.5. The number of hydrogen-bond acceptors (Lipinski definition) is 4. The van der Waals surface area contributed by atoms with Crippen LogP contribution in [0.5, 0.6) is 0 Å². The van der Waals surface area contributed by atoms with Crippen LogP contribution in [0.3, 0.4) is 0 Å². The fraction of sp³-hybridized carbons (Fsp3) is 0.214. The Kier molecular flexibility index (Phi) is 7.08. The maximum atomic E-state index is 14.0. The third-order valence-corrected chi connectivity index (χ3v) is 11.3. The standard InChI is InChI=1S/C28H26Cl2FN6OP/c1-19-26-28(37(33-19)22-7-4-3-5-8-22)32-27(20-11-13-21(31)14-12-20)35(2)39(26,36-15-17-38-18-16-36)34-25-23(29)9-6-10-24(25)30/h3-14H,15-18H2,1-2H3/t39-/m1/s1. The smallest absolute Gasteiger partial charge is 0.170 e. The highest BCUT2D eigenvalue weighted by molar-refractivity contribution is 7.70. The first kappa shape index (κ1) is 26.2. The molecule has 1 saturated heterocycles. The van der Waals surface area contributed by atoms with Gasteiger partial charge in [-0.2, -0.15) is 5.10 Å². The molecule has 0 radical (unpaired) electrons. The molecule has 7 nitrogen and oxygen atoms in total. The van der Waals surface area contributed by atoms with Crippen molar-refractivity contribution >= 4 is 53.2 Å². The van der Waals surface area contributed by atoms with Crippen molar-refractivity contribution < 1.29 is 9.13 Å².